The molecule has 2 amide bonds. The SMILES string of the molecule is CC(C)NC(=O)C(Cc1ccccc1)N(Cc1ccc(Cl)c(Cl)c1)C(=O)CN(c1ccc([N+](=O)[O-])cc1)S(=O)(=O)c1ccccc1. The molecular weight excluding hydrogens is 651 g/mol. The Hall–Kier alpha value is -4.45. The molecule has 0 spiro atoms. The fourth-order valence-electron chi connectivity index (χ4n) is 4.76. The molecule has 0 bridgehead atoms. The van der Waals surface area contributed by atoms with Crippen molar-refractivity contribution in [2.24, 2.45) is 0 Å². The number of nitrogens with one attached hydrogen (secondary N) is 1. The van der Waals surface area contributed by atoms with Crippen LogP contribution < -0.4 is 9.62 Å². The molecule has 0 aromatic heterocycles. The maximum Gasteiger partial charge on any atom is 0.269 e. The number of halogens is 2. The second-order valence-electron chi connectivity index (χ2n) is 10.7. The van der Waals surface area contributed by atoms with Crippen molar-refractivity contribution in [3.8, 4) is 0 Å². The molecule has 13 heteroatoms. The Morgan fingerprint density at radius 1 is 0.848 bits per heavy atom. The van der Waals surface area contributed by atoms with Crippen LogP contribution in [-0.4, -0.2) is 48.7 Å². The van der Waals surface area contributed by atoms with E-state index in [-0.39, 0.29) is 40.3 Å². The van der Waals surface area contributed by atoms with E-state index in [0.29, 0.717) is 10.6 Å². The number of nitro benzene ring substituents is 1. The van der Waals surface area contributed by atoms with Crippen LogP contribution in [-0.2, 0) is 32.6 Å². The molecule has 0 aliphatic rings. The van der Waals surface area contributed by atoms with Crippen LogP contribution >= 0.6 is 23.2 Å². The lowest BCUT2D eigenvalue weighted by atomic mass is 10.0. The number of nitro groups is 1. The normalized spacial score (nSPS) is 11.9. The van der Waals surface area contributed by atoms with Crippen molar-refractivity contribution in [2.75, 3.05) is 10.8 Å². The molecular formula is C33H32Cl2N4O6S. The minimum Gasteiger partial charge on any atom is -0.352 e. The molecule has 4 rings (SSSR count). The maximum atomic E-state index is 14.4. The number of rotatable bonds is 13. The molecule has 0 saturated carbocycles. The van der Waals surface area contributed by atoms with Gasteiger partial charge in [0.05, 0.1) is 25.6 Å². The molecule has 0 radical (unpaired) electrons. The zero-order valence-corrected chi connectivity index (χ0v) is 27.4. The lowest BCUT2D eigenvalue weighted by molar-refractivity contribution is -0.384. The first kappa shape index (κ1) is 34.4. The Morgan fingerprint density at radius 2 is 1.46 bits per heavy atom. The van der Waals surface area contributed by atoms with E-state index >= 15 is 0 Å². The van der Waals surface area contributed by atoms with Crippen molar-refractivity contribution in [1.82, 2.24) is 10.2 Å². The molecule has 240 valence electrons. The van der Waals surface area contributed by atoms with Gasteiger partial charge in [-0.1, -0.05) is 77.8 Å². The predicted molar refractivity (Wildman–Crippen MR) is 178 cm³/mol. The van der Waals surface area contributed by atoms with Crippen LogP contribution in [0.1, 0.15) is 25.0 Å². The van der Waals surface area contributed by atoms with Crippen LogP contribution in [0, 0.1) is 10.1 Å². The zero-order valence-electron chi connectivity index (χ0n) is 25.0. The molecule has 1 unspecified atom stereocenters. The summed E-state index contributed by atoms with van der Waals surface area (Å²) in [5, 5.41) is 14.7. The number of nitrogens with zero attached hydrogens (tertiary/aromatic N) is 3. The van der Waals surface area contributed by atoms with Gasteiger partial charge in [0.25, 0.3) is 15.7 Å². The van der Waals surface area contributed by atoms with Crippen LogP contribution in [0.3, 0.4) is 0 Å². The van der Waals surface area contributed by atoms with Crippen LogP contribution in [0.25, 0.3) is 0 Å². The molecule has 10 nitrogen and oxygen atoms in total. The summed E-state index contributed by atoms with van der Waals surface area (Å²) >= 11 is 12.4. The van der Waals surface area contributed by atoms with Crippen LogP contribution in [0.15, 0.2) is 108 Å². The Kier molecular flexibility index (Phi) is 11.4. The van der Waals surface area contributed by atoms with Crippen LogP contribution in [0.2, 0.25) is 10.0 Å². The van der Waals surface area contributed by atoms with Gasteiger partial charge in [-0.25, -0.2) is 8.42 Å². The van der Waals surface area contributed by atoms with Gasteiger partial charge in [-0.2, -0.15) is 0 Å². The minimum absolute atomic E-state index is 0.0310. The number of sulfonamides is 1. The van der Waals surface area contributed by atoms with Gasteiger partial charge in [-0.05, 0) is 61.4 Å². The zero-order chi connectivity index (χ0) is 33.4. The van der Waals surface area contributed by atoms with E-state index in [0.717, 1.165) is 22.0 Å². The lowest BCUT2D eigenvalue weighted by Gasteiger charge is -2.34. The first-order valence-corrected chi connectivity index (χ1v) is 16.5. The molecule has 1 N–H and O–H groups in total. The maximum absolute atomic E-state index is 14.4. The number of carbonyl (C=O) groups excluding carboxylic acids is 2. The third-order valence-corrected chi connectivity index (χ3v) is 9.52. The van der Waals surface area contributed by atoms with E-state index in [2.05, 4.69) is 5.32 Å². The first-order valence-electron chi connectivity index (χ1n) is 14.3. The predicted octanol–water partition coefficient (Wildman–Crippen LogP) is 6.26. The van der Waals surface area contributed by atoms with Gasteiger partial charge in [0.2, 0.25) is 11.8 Å². The summed E-state index contributed by atoms with van der Waals surface area (Å²) in [6, 6.07) is 25.1. The van der Waals surface area contributed by atoms with Crippen LogP contribution in [0.4, 0.5) is 11.4 Å². The van der Waals surface area contributed by atoms with Crippen molar-refractivity contribution in [3.63, 3.8) is 0 Å². The van der Waals surface area contributed by atoms with Gasteiger partial charge in [-0.3, -0.25) is 24.0 Å². The summed E-state index contributed by atoms with van der Waals surface area (Å²) in [5.41, 5.74) is 1.12. The van der Waals surface area contributed by atoms with Crippen molar-refractivity contribution in [1.29, 1.82) is 0 Å². The topological polar surface area (TPSA) is 130 Å². The standard InChI is InChI=1S/C33H32Cl2N4O6S/c1-23(2)36-33(41)31(20-24-9-5-3-6-10-24)37(21-25-13-18-29(34)30(35)19-25)32(40)22-38(26-14-16-27(17-15-26)39(42)43)46(44,45)28-11-7-4-8-12-28/h3-19,23,31H,20-22H2,1-2H3,(H,36,41). The van der Waals surface area contributed by atoms with E-state index in [1.807, 2.05) is 30.3 Å². The van der Waals surface area contributed by atoms with Gasteiger partial charge in [0, 0.05) is 31.1 Å². The summed E-state index contributed by atoms with van der Waals surface area (Å²) in [6.45, 7) is 2.78. The van der Waals surface area contributed by atoms with Crippen molar-refractivity contribution in [2.45, 2.75) is 43.8 Å². The largest absolute Gasteiger partial charge is 0.352 e. The van der Waals surface area contributed by atoms with E-state index < -0.39 is 39.3 Å². The molecule has 0 saturated heterocycles. The van der Waals surface area contributed by atoms with Crippen molar-refractivity contribution >= 4 is 56.4 Å². The monoisotopic (exact) mass is 682 g/mol. The highest BCUT2D eigenvalue weighted by atomic mass is 35.5. The highest BCUT2D eigenvalue weighted by Gasteiger charge is 2.35. The Labute approximate surface area is 277 Å². The third kappa shape index (κ3) is 8.63. The fraction of sp³-hybridized carbons (Fsp3) is 0.212. The van der Waals surface area contributed by atoms with Crippen molar-refractivity contribution < 1.29 is 22.9 Å². The number of non-ortho nitro benzene ring substituents is 1. The van der Waals surface area contributed by atoms with Crippen molar-refractivity contribution in [3.05, 3.63) is 134 Å². The Bertz CT molecular complexity index is 1790. The third-order valence-electron chi connectivity index (χ3n) is 7.00. The van der Waals surface area contributed by atoms with Gasteiger partial charge >= 0.3 is 0 Å². The molecule has 0 aliphatic carbocycles. The molecule has 0 fully saturated rings. The fourth-order valence-corrected chi connectivity index (χ4v) is 6.51. The van der Waals surface area contributed by atoms with E-state index in [1.165, 1.54) is 29.2 Å². The molecule has 0 heterocycles. The van der Waals surface area contributed by atoms with E-state index in [9.17, 15) is 28.1 Å². The van der Waals surface area contributed by atoms with Gasteiger partial charge in [0.15, 0.2) is 0 Å². The highest BCUT2D eigenvalue weighted by Crippen LogP contribution is 2.28. The average molecular weight is 684 g/mol. The molecule has 46 heavy (non-hydrogen) atoms. The second-order valence-corrected chi connectivity index (χ2v) is 13.4. The minimum atomic E-state index is -4.35. The molecule has 4 aromatic carbocycles. The Balaban J connectivity index is 1.82. The summed E-state index contributed by atoms with van der Waals surface area (Å²) in [4.78, 5) is 40.1. The molecule has 4 aromatic rings. The first-order chi connectivity index (χ1) is 21.9. The quantitative estimate of drug-likeness (QED) is 0.131. The van der Waals surface area contributed by atoms with E-state index in [4.69, 9.17) is 23.2 Å². The average Bonchev–Trinajstić information content (AvgIpc) is 3.03. The number of anilines is 1. The number of carbonyl (C=O) groups is 2. The smallest absolute Gasteiger partial charge is 0.269 e. The molecule has 1 atom stereocenters. The Morgan fingerprint density at radius 3 is 2.02 bits per heavy atom. The highest BCUT2D eigenvalue weighted by molar-refractivity contribution is 7.92. The number of hydrogen-bond acceptors (Lipinski definition) is 6. The van der Waals surface area contributed by atoms with Gasteiger partial charge < -0.3 is 10.2 Å². The summed E-state index contributed by atoms with van der Waals surface area (Å²) in [6.07, 6.45) is 0.134. The number of amides is 2. The number of benzene rings is 4. The molecule has 0 aliphatic heterocycles. The van der Waals surface area contributed by atoms with Crippen LogP contribution in [0.5, 0.6) is 0 Å². The lowest BCUT2D eigenvalue weighted by Crippen LogP contribution is -2.54. The second kappa shape index (κ2) is 15.2. The van der Waals surface area contributed by atoms with Gasteiger partial charge in [0.1, 0.15) is 12.6 Å². The number of hydrogen-bond donors (Lipinski definition) is 1. The van der Waals surface area contributed by atoms with Gasteiger partial charge in [-0.15, -0.1) is 0 Å². The summed E-state index contributed by atoms with van der Waals surface area (Å²) in [7, 11) is -4.35. The van der Waals surface area contributed by atoms with E-state index in [1.54, 1.807) is 50.2 Å². The summed E-state index contributed by atoms with van der Waals surface area (Å²) in [5.74, 6) is -1.12. The summed E-state index contributed by atoms with van der Waals surface area (Å²) < 4.78 is 28.9.